The van der Waals surface area contributed by atoms with Crippen molar-refractivity contribution in [2.75, 3.05) is 34.3 Å². The first-order valence-corrected chi connectivity index (χ1v) is 13.3. The van der Waals surface area contributed by atoms with E-state index in [0.29, 0.717) is 42.7 Å². The van der Waals surface area contributed by atoms with Crippen LogP contribution in [-0.4, -0.2) is 66.8 Å². The van der Waals surface area contributed by atoms with Gasteiger partial charge < -0.3 is 25.1 Å². The quantitative estimate of drug-likeness (QED) is 0.204. The fraction of sp³-hybridized carbons (Fsp3) is 0.357. The highest BCUT2D eigenvalue weighted by Crippen LogP contribution is 2.23. The minimum atomic E-state index is -0.178. The molecule has 9 nitrogen and oxygen atoms in total. The summed E-state index contributed by atoms with van der Waals surface area (Å²) in [6, 6.07) is 8.98. The molecule has 0 radical (unpaired) electrons. The molecule has 1 aromatic carbocycles. The number of methoxy groups -OCH3 is 1. The Morgan fingerprint density at radius 1 is 1.26 bits per heavy atom. The summed E-state index contributed by atoms with van der Waals surface area (Å²) in [6.45, 7) is 2.17. The van der Waals surface area contributed by atoms with E-state index in [4.69, 9.17) is 14.5 Å². The number of likely N-dealkylation sites (N-methyl/N-ethyl adjacent to an activating group) is 1. The number of allylic oxidation sites excluding steroid dienone is 2. The Morgan fingerprint density at radius 3 is 2.82 bits per heavy atom. The number of hydrazone groups is 1. The van der Waals surface area contributed by atoms with Crippen molar-refractivity contribution in [1.29, 1.82) is 0 Å². The van der Waals surface area contributed by atoms with Crippen molar-refractivity contribution in [2.45, 2.75) is 25.7 Å². The highest BCUT2D eigenvalue weighted by atomic mass is 32.2. The van der Waals surface area contributed by atoms with E-state index in [1.165, 1.54) is 0 Å². The molecule has 1 aliphatic carbocycles. The Morgan fingerprint density at radius 2 is 2.08 bits per heavy atom. The molecule has 1 saturated heterocycles. The zero-order chi connectivity index (χ0) is 26.9. The van der Waals surface area contributed by atoms with Gasteiger partial charge in [0, 0.05) is 49.5 Å². The van der Waals surface area contributed by atoms with Gasteiger partial charge in [-0.3, -0.25) is 14.6 Å². The van der Waals surface area contributed by atoms with Crippen LogP contribution in [0.3, 0.4) is 0 Å². The Balaban J connectivity index is 1.43. The smallest absolute Gasteiger partial charge is 0.251 e. The van der Waals surface area contributed by atoms with Crippen LogP contribution in [0.25, 0.3) is 12.2 Å². The third kappa shape index (κ3) is 6.89. The maximum absolute atomic E-state index is 13.0. The highest BCUT2D eigenvalue weighted by molar-refractivity contribution is 8.24. The lowest BCUT2D eigenvalue weighted by Crippen LogP contribution is -2.42. The van der Waals surface area contributed by atoms with Gasteiger partial charge in [-0.1, -0.05) is 18.2 Å². The van der Waals surface area contributed by atoms with Crippen molar-refractivity contribution in [3.63, 3.8) is 0 Å². The number of nitrogens with zero attached hydrogens (tertiary/aromatic N) is 3. The van der Waals surface area contributed by atoms with Gasteiger partial charge in [-0.15, -0.1) is 0 Å². The number of pyridine rings is 1. The van der Waals surface area contributed by atoms with Gasteiger partial charge in [-0.05, 0) is 61.6 Å². The van der Waals surface area contributed by atoms with E-state index in [1.807, 2.05) is 25.3 Å². The maximum atomic E-state index is 13.0. The number of hydrogen-bond acceptors (Lipinski definition) is 9. The summed E-state index contributed by atoms with van der Waals surface area (Å²) >= 11 is 1.04. The number of ether oxygens (including phenoxy) is 2. The molecule has 4 rings (SSSR count). The second-order valence-electron chi connectivity index (χ2n) is 9.15. The fourth-order valence-corrected chi connectivity index (χ4v) is 5.34. The molecular formula is C28H33N5O4S. The van der Waals surface area contributed by atoms with Gasteiger partial charge in [0.2, 0.25) is 0 Å². The summed E-state index contributed by atoms with van der Waals surface area (Å²) in [6.07, 6.45) is 9.10. The summed E-state index contributed by atoms with van der Waals surface area (Å²) in [5, 5.41) is 10.0. The van der Waals surface area contributed by atoms with E-state index in [0.717, 1.165) is 45.6 Å². The zero-order valence-corrected chi connectivity index (χ0v) is 22.7. The Labute approximate surface area is 226 Å². The van der Waals surface area contributed by atoms with Crippen LogP contribution in [0.4, 0.5) is 0 Å². The molecule has 2 N–H and O–H groups in total. The molecule has 2 aromatic rings. The van der Waals surface area contributed by atoms with Crippen LogP contribution in [0, 0.1) is 5.92 Å². The van der Waals surface area contributed by atoms with Gasteiger partial charge in [0.05, 0.1) is 23.7 Å². The molecule has 2 aliphatic rings. The molecule has 0 spiro atoms. The van der Waals surface area contributed by atoms with E-state index >= 15 is 0 Å². The molecule has 10 heteroatoms. The summed E-state index contributed by atoms with van der Waals surface area (Å²) in [5.41, 5.74) is 5.94. The average molecular weight is 536 g/mol. The van der Waals surface area contributed by atoms with E-state index < -0.39 is 0 Å². The van der Waals surface area contributed by atoms with E-state index in [1.54, 1.807) is 38.4 Å². The standard InChI is InChI=1S/C28H33N5O4S/c1-29-32-28(38-18-34)24-14-33(2)15-26(24)31-27(35)19-9-11-22(12-10-19)37-16-20-13-21(17-36-3)30-25-8-6-4-5-7-23(20)25/h4,6-13,18,24,26,29H,5,14-17H2,1-3H3,(H,31,35)/b32-28-. The summed E-state index contributed by atoms with van der Waals surface area (Å²) < 4.78 is 11.4. The van der Waals surface area contributed by atoms with Gasteiger partial charge in [0.15, 0.2) is 5.62 Å². The molecule has 1 aliphatic heterocycles. The Hall–Kier alpha value is -3.47. The van der Waals surface area contributed by atoms with Crippen molar-refractivity contribution in [1.82, 2.24) is 20.6 Å². The molecule has 2 heterocycles. The molecule has 0 saturated carbocycles. The number of hydrogen-bond donors (Lipinski definition) is 2. The van der Waals surface area contributed by atoms with Crippen LogP contribution in [0.5, 0.6) is 5.75 Å². The van der Waals surface area contributed by atoms with Crippen LogP contribution in [0.2, 0.25) is 0 Å². The largest absolute Gasteiger partial charge is 0.489 e. The van der Waals surface area contributed by atoms with Crippen molar-refractivity contribution in [3.8, 4) is 5.75 Å². The van der Waals surface area contributed by atoms with Gasteiger partial charge in [-0.2, -0.15) is 5.10 Å². The van der Waals surface area contributed by atoms with Crippen LogP contribution in [0.1, 0.15) is 28.0 Å². The number of carbonyl (C=O) groups is 2. The average Bonchev–Trinajstić information content (AvgIpc) is 3.11. The topological polar surface area (TPSA) is 105 Å². The van der Waals surface area contributed by atoms with Crippen molar-refractivity contribution < 1.29 is 19.1 Å². The lowest BCUT2D eigenvalue weighted by molar-refractivity contribution is 0.0935. The van der Waals surface area contributed by atoms with Crippen molar-refractivity contribution in [2.24, 2.45) is 11.0 Å². The fourth-order valence-electron chi connectivity index (χ4n) is 4.69. The monoisotopic (exact) mass is 535 g/mol. The Bertz CT molecular complexity index is 1330. The lowest BCUT2D eigenvalue weighted by Gasteiger charge is -2.20. The third-order valence-electron chi connectivity index (χ3n) is 6.41. The number of rotatable bonds is 10. The van der Waals surface area contributed by atoms with Gasteiger partial charge >= 0.3 is 0 Å². The van der Waals surface area contributed by atoms with Crippen LogP contribution >= 0.6 is 11.8 Å². The summed E-state index contributed by atoms with van der Waals surface area (Å²) in [4.78, 5) is 31.0. The second-order valence-corrected chi connectivity index (χ2v) is 9.99. The number of nitrogens with one attached hydrogen (secondary N) is 2. The SMILES string of the molecule is CN/N=C(\SC=O)C1CN(C)CC1NC(=O)c1ccc(OCc2cc(COC)nc3c2=CCC=CC=3)cc1. The van der Waals surface area contributed by atoms with Gasteiger partial charge in [0.1, 0.15) is 17.4 Å². The first-order chi connectivity index (χ1) is 18.5. The predicted molar refractivity (Wildman–Crippen MR) is 151 cm³/mol. The zero-order valence-electron chi connectivity index (χ0n) is 21.8. The number of aromatic nitrogens is 1. The number of benzene rings is 1. The minimum absolute atomic E-state index is 0.0723. The molecule has 0 bridgehead atoms. The predicted octanol–water partition coefficient (Wildman–Crippen LogP) is 1.44. The van der Waals surface area contributed by atoms with Crippen LogP contribution in [-0.2, 0) is 22.7 Å². The van der Waals surface area contributed by atoms with Crippen molar-refractivity contribution >= 4 is 40.5 Å². The normalized spacial score (nSPS) is 19.1. The first-order valence-electron chi connectivity index (χ1n) is 12.4. The molecule has 200 valence electrons. The maximum Gasteiger partial charge on any atom is 0.251 e. The number of likely N-dealkylation sites (tertiary alicyclic amines) is 1. The molecule has 1 aromatic heterocycles. The third-order valence-corrected chi connectivity index (χ3v) is 7.14. The Kier molecular flexibility index (Phi) is 9.69. The second kappa shape index (κ2) is 13.4. The molecule has 1 amide bonds. The molecule has 2 unspecified atom stereocenters. The number of fused-ring (bicyclic) bond motifs is 1. The molecule has 38 heavy (non-hydrogen) atoms. The summed E-state index contributed by atoms with van der Waals surface area (Å²) in [5.74, 6) is 0.417. The van der Waals surface area contributed by atoms with Crippen LogP contribution in [0.15, 0.2) is 47.6 Å². The molecular weight excluding hydrogens is 502 g/mol. The number of thioether (sulfide) groups is 1. The summed E-state index contributed by atoms with van der Waals surface area (Å²) in [7, 11) is 5.33. The number of amides is 1. The number of carbonyl (C=O) groups excluding carboxylic acids is 2. The van der Waals surface area contributed by atoms with Crippen molar-refractivity contribution in [3.05, 3.63) is 69.9 Å². The lowest BCUT2D eigenvalue weighted by atomic mass is 10.0. The van der Waals surface area contributed by atoms with Crippen LogP contribution < -0.4 is 26.0 Å². The van der Waals surface area contributed by atoms with Gasteiger partial charge in [0.25, 0.3) is 5.91 Å². The van der Waals surface area contributed by atoms with E-state index in [9.17, 15) is 9.59 Å². The van der Waals surface area contributed by atoms with E-state index in [-0.39, 0.29) is 17.9 Å². The van der Waals surface area contributed by atoms with E-state index in [2.05, 4.69) is 32.9 Å². The minimum Gasteiger partial charge on any atom is -0.489 e. The molecule has 1 fully saturated rings. The first kappa shape index (κ1) is 27.6. The molecule has 2 atom stereocenters. The highest BCUT2D eigenvalue weighted by Gasteiger charge is 2.36. The van der Waals surface area contributed by atoms with Gasteiger partial charge in [-0.25, -0.2) is 0 Å².